The van der Waals surface area contributed by atoms with Crippen LogP contribution in [0.4, 0.5) is 5.69 Å². The Kier molecular flexibility index (Phi) is 7.33. The van der Waals surface area contributed by atoms with Crippen molar-refractivity contribution < 1.29 is 4.79 Å². The van der Waals surface area contributed by atoms with E-state index >= 15 is 0 Å². The van der Waals surface area contributed by atoms with E-state index in [4.69, 9.17) is 4.99 Å². The number of hydrogen-bond donors (Lipinski definition) is 1. The Hall–Kier alpha value is -4.30. The van der Waals surface area contributed by atoms with Gasteiger partial charge in [-0.2, -0.15) is 5.26 Å². The first-order valence-corrected chi connectivity index (χ1v) is 17.0. The molecule has 0 saturated heterocycles. The van der Waals surface area contributed by atoms with Crippen molar-refractivity contribution in [1.29, 1.82) is 5.26 Å². The maximum atomic E-state index is 14.1. The van der Waals surface area contributed by atoms with Crippen molar-refractivity contribution in [2.45, 2.75) is 52.5 Å². The van der Waals surface area contributed by atoms with Crippen LogP contribution in [0.15, 0.2) is 75.0 Å². The smallest absolute Gasteiger partial charge is 0.271 e. The van der Waals surface area contributed by atoms with Gasteiger partial charge in [-0.15, -0.1) is 22.7 Å². The first-order chi connectivity index (χ1) is 21.4. The van der Waals surface area contributed by atoms with Gasteiger partial charge in [0.15, 0.2) is 4.80 Å². The number of thiophene rings is 2. The van der Waals surface area contributed by atoms with E-state index in [-0.39, 0.29) is 11.5 Å². The van der Waals surface area contributed by atoms with Crippen LogP contribution in [0.2, 0.25) is 0 Å². The molecule has 44 heavy (non-hydrogen) atoms. The number of aromatic nitrogens is 2. The molecule has 1 atom stereocenters. The molecule has 7 rings (SSSR count). The second kappa shape index (κ2) is 11.3. The van der Waals surface area contributed by atoms with Gasteiger partial charge in [-0.3, -0.25) is 14.2 Å². The molecule has 0 saturated carbocycles. The van der Waals surface area contributed by atoms with E-state index in [1.165, 1.54) is 33.1 Å². The number of nitrogens with one attached hydrogen (secondary N) is 1. The van der Waals surface area contributed by atoms with E-state index < -0.39 is 6.04 Å². The van der Waals surface area contributed by atoms with Gasteiger partial charge in [0.05, 0.1) is 21.4 Å². The van der Waals surface area contributed by atoms with Crippen LogP contribution < -0.4 is 20.2 Å². The van der Waals surface area contributed by atoms with Gasteiger partial charge >= 0.3 is 0 Å². The van der Waals surface area contributed by atoms with E-state index in [0.717, 1.165) is 58.1 Å². The summed E-state index contributed by atoms with van der Waals surface area (Å²) in [7, 11) is 0. The number of nitrogens with zero attached hydrogens (tertiary/aromatic N) is 4. The van der Waals surface area contributed by atoms with Crippen LogP contribution in [0.5, 0.6) is 0 Å². The summed E-state index contributed by atoms with van der Waals surface area (Å²) in [6.45, 7) is 5.92. The van der Waals surface area contributed by atoms with Crippen molar-refractivity contribution in [3.05, 3.63) is 123 Å². The van der Waals surface area contributed by atoms with E-state index in [2.05, 4.69) is 22.0 Å². The molecule has 0 spiro atoms. The summed E-state index contributed by atoms with van der Waals surface area (Å²) in [5.41, 5.74) is 6.46. The fraction of sp³-hybridized carbons (Fsp3) is 0.235. The molecule has 1 N–H and O–H groups in total. The molecule has 0 radical (unpaired) electrons. The van der Waals surface area contributed by atoms with Gasteiger partial charge in [0.2, 0.25) is 0 Å². The monoisotopic (exact) mass is 635 g/mol. The standard InChI is InChI=1S/C34H29N5O2S3/c1-19-16-22(21(3)38(19)33-25(18-35)24-12-7-8-13-26(24)43-33)17-28-32(41)39-30(27-14-9-15-42-27)29(20(2)36-34(39)44-28)31(40)37-23-10-5-4-6-11-23/h4-6,9-11,14-17,30H,7-8,12-13H2,1-3H3,(H,37,40)/b28-17+/t30-/m0/s1. The van der Waals surface area contributed by atoms with Crippen LogP contribution in [-0.4, -0.2) is 15.0 Å². The number of benzene rings is 1. The number of hydrogen-bond acceptors (Lipinski definition) is 7. The highest BCUT2D eigenvalue weighted by Crippen LogP contribution is 2.38. The van der Waals surface area contributed by atoms with Crippen LogP contribution in [0.1, 0.15) is 63.6 Å². The molecule has 0 bridgehead atoms. The zero-order chi connectivity index (χ0) is 30.5. The molecule has 1 aliphatic heterocycles. The second-order valence-electron chi connectivity index (χ2n) is 11.1. The van der Waals surface area contributed by atoms with Crippen LogP contribution in [0.3, 0.4) is 0 Å². The number of amides is 1. The fourth-order valence-electron chi connectivity index (χ4n) is 6.26. The number of allylic oxidation sites excluding steroid dienone is 1. The molecular formula is C34H29N5O2S3. The van der Waals surface area contributed by atoms with Crippen LogP contribution in [0.25, 0.3) is 11.1 Å². The highest BCUT2D eigenvalue weighted by molar-refractivity contribution is 7.15. The number of aryl methyl sites for hydroxylation is 2. The fourth-order valence-corrected chi connectivity index (χ4v) is 9.57. The minimum absolute atomic E-state index is 0.182. The molecule has 5 aromatic rings. The number of anilines is 1. The highest BCUT2D eigenvalue weighted by atomic mass is 32.1. The minimum Gasteiger partial charge on any atom is -0.322 e. The lowest BCUT2D eigenvalue weighted by molar-refractivity contribution is -0.113. The van der Waals surface area contributed by atoms with E-state index in [0.29, 0.717) is 26.3 Å². The van der Waals surface area contributed by atoms with Gasteiger partial charge in [-0.1, -0.05) is 35.6 Å². The number of fused-ring (bicyclic) bond motifs is 2. The Balaban J connectivity index is 1.33. The Bertz CT molecular complexity index is 2190. The van der Waals surface area contributed by atoms with Gasteiger partial charge < -0.3 is 9.88 Å². The first-order valence-electron chi connectivity index (χ1n) is 14.5. The highest BCUT2D eigenvalue weighted by Gasteiger charge is 2.33. The van der Waals surface area contributed by atoms with Crippen molar-refractivity contribution >= 4 is 51.7 Å². The van der Waals surface area contributed by atoms with Crippen molar-refractivity contribution in [1.82, 2.24) is 9.13 Å². The summed E-state index contributed by atoms with van der Waals surface area (Å²) in [4.78, 5) is 35.4. The molecular weight excluding hydrogens is 607 g/mol. The van der Waals surface area contributed by atoms with E-state index in [1.807, 2.05) is 74.7 Å². The third-order valence-corrected chi connectivity index (χ3v) is 11.5. The minimum atomic E-state index is -0.583. The van der Waals surface area contributed by atoms with E-state index in [1.54, 1.807) is 15.9 Å². The number of carbonyl (C=O) groups excluding carboxylic acids is 1. The lowest BCUT2D eigenvalue weighted by Gasteiger charge is -2.24. The summed E-state index contributed by atoms with van der Waals surface area (Å²) in [5, 5.41) is 16.0. The normalized spacial score (nSPS) is 16.3. The molecule has 4 aromatic heterocycles. The van der Waals surface area contributed by atoms with Crippen molar-refractivity contribution in [3.63, 3.8) is 0 Å². The van der Waals surface area contributed by atoms with Gasteiger partial charge in [0.1, 0.15) is 17.1 Å². The Morgan fingerprint density at radius 2 is 1.89 bits per heavy atom. The summed E-state index contributed by atoms with van der Waals surface area (Å²) < 4.78 is 4.37. The lowest BCUT2D eigenvalue weighted by atomic mass is 9.96. The van der Waals surface area contributed by atoms with Gasteiger partial charge in [0, 0.05) is 26.8 Å². The zero-order valence-electron chi connectivity index (χ0n) is 24.5. The maximum Gasteiger partial charge on any atom is 0.271 e. The molecule has 1 amide bonds. The number of carbonyl (C=O) groups is 1. The predicted octanol–water partition coefficient (Wildman–Crippen LogP) is 6.15. The summed E-state index contributed by atoms with van der Waals surface area (Å²) in [6, 6.07) is 17.2. The number of para-hydroxylation sites is 1. The third kappa shape index (κ3) is 4.72. The number of rotatable bonds is 5. The molecule has 5 heterocycles. The molecule has 0 unspecified atom stereocenters. The molecule has 7 nitrogen and oxygen atoms in total. The lowest BCUT2D eigenvalue weighted by Crippen LogP contribution is -2.40. The zero-order valence-corrected chi connectivity index (χ0v) is 27.0. The quantitative estimate of drug-likeness (QED) is 0.251. The number of nitriles is 1. The van der Waals surface area contributed by atoms with Gasteiger partial charge in [-0.05, 0) is 93.3 Å². The molecule has 1 aromatic carbocycles. The number of thiazole rings is 1. The third-order valence-electron chi connectivity index (χ3n) is 8.34. The predicted molar refractivity (Wildman–Crippen MR) is 178 cm³/mol. The molecule has 10 heteroatoms. The first kappa shape index (κ1) is 28.5. The summed E-state index contributed by atoms with van der Waals surface area (Å²) >= 11 is 4.57. The molecule has 220 valence electrons. The Labute approximate surface area is 266 Å². The van der Waals surface area contributed by atoms with Gasteiger partial charge in [-0.25, -0.2) is 4.99 Å². The Morgan fingerprint density at radius 3 is 2.64 bits per heavy atom. The van der Waals surface area contributed by atoms with Gasteiger partial charge in [0.25, 0.3) is 11.5 Å². The summed E-state index contributed by atoms with van der Waals surface area (Å²) in [5.74, 6) is -0.277. The van der Waals surface area contributed by atoms with Crippen LogP contribution in [0, 0.1) is 25.2 Å². The second-order valence-corrected chi connectivity index (χ2v) is 14.2. The molecule has 2 aliphatic rings. The molecule has 0 fully saturated rings. The SMILES string of the molecule is CC1=C(C(=O)Nc2ccccc2)[C@H](c2cccs2)n2c(s/c(=C/c3cc(C)n(-c4sc5c(c4C#N)CCCC5)c3C)c2=O)=N1. The van der Waals surface area contributed by atoms with Crippen LogP contribution in [-0.2, 0) is 17.6 Å². The average molecular weight is 636 g/mol. The molecule has 1 aliphatic carbocycles. The van der Waals surface area contributed by atoms with Crippen molar-refractivity contribution in [2.75, 3.05) is 5.32 Å². The van der Waals surface area contributed by atoms with E-state index in [9.17, 15) is 14.9 Å². The largest absolute Gasteiger partial charge is 0.322 e. The average Bonchev–Trinajstić information content (AvgIpc) is 3.79. The van der Waals surface area contributed by atoms with Crippen LogP contribution >= 0.6 is 34.0 Å². The van der Waals surface area contributed by atoms with Crippen molar-refractivity contribution in [2.24, 2.45) is 4.99 Å². The Morgan fingerprint density at radius 1 is 1.09 bits per heavy atom. The maximum absolute atomic E-state index is 14.1. The topological polar surface area (TPSA) is 92.2 Å². The summed E-state index contributed by atoms with van der Waals surface area (Å²) in [6.07, 6.45) is 6.19. The van der Waals surface area contributed by atoms with Crippen molar-refractivity contribution in [3.8, 4) is 11.1 Å².